The minimum Gasteiger partial charge on any atom is -0.303 e. The van der Waals surface area contributed by atoms with Crippen molar-refractivity contribution >= 4 is 0 Å². The Bertz CT molecular complexity index is 253. The van der Waals surface area contributed by atoms with E-state index in [0.29, 0.717) is 0 Å². The lowest BCUT2D eigenvalue weighted by molar-refractivity contribution is 0.237. The van der Waals surface area contributed by atoms with Gasteiger partial charge in [-0.2, -0.15) is 5.26 Å². The van der Waals surface area contributed by atoms with E-state index in [1.54, 1.807) is 0 Å². The largest absolute Gasteiger partial charge is 0.303 e. The van der Waals surface area contributed by atoms with Crippen LogP contribution in [0.25, 0.3) is 0 Å². The molecule has 98 valence electrons. The summed E-state index contributed by atoms with van der Waals surface area (Å²) in [6.45, 7) is 3.16. The summed E-state index contributed by atoms with van der Waals surface area (Å²) in [5.74, 6) is 0. The van der Waals surface area contributed by atoms with Gasteiger partial charge in [0, 0.05) is 6.04 Å². The van der Waals surface area contributed by atoms with Crippen molar-refractivity contribution in [2.45, 2.75) is 63.5 Å². The summed E-state index contributed by atoms with van der Waals surface area (Å²) in [6.07, 6.45) is 8.83. The summed E-state index contributed by atoms with van der Waals surface area (Å²) in [6, 6.07) is 3.17. The van der Waals surface area contributed by atoms with Gasteiger partial charge in [0.25, 0.3) is 0 Å². The molecule has 1 atom stereocenters. The van der Waals surface area contributed by atoms with Gasteiger partial charge in [-0.15, -0.1) is 0 Å². The second kappa shape index (κ2) is 6.98. The second-order valence-electron chi connectivity index (χ2n) is 5.57. The molecule has 1 aliphatic carbocycles. The summed E-state index contributed by atoms with van der Waals surface area (Å²) in [5, 5.41) is 12.1. The molecule has 1 aliphatic rings. The highest BCUT2D eigenvalue weighted by atomic mass is 15.1. The van der Waals surface area contributed by atoms with Gasteiger partial charge in [0.05, 0.1) is 6.07 Å². The molecule has 17 heavy (non-hydrogen) atoms. The topological polar surface area (TPSA) is 39.1 Å². The maximum Gasteiger partial charge on any atom is 0.103 e. The van der Waals surface area contributed by atoms with E-state index in [2.05, 4.69) is 23.3 Å². The van der Waals surface area contributed by atoms with Gasteiger partial charge >= 0.3 is 0 Å². The highest BCUT2D eigenvalue weighted by Gasteiger charge is 2.21. The molecule has 0 aromatic carbocycles. The van der Waals surface area contributed by atoms with E-state index in [4.69, 9.17) is 5.26 Å². The van der Waals surface area contributed by atoms with Crippen LogP contribution in [0.5, 0.6) is 0 Å². The average Bonchev–Trinajstić information content (AvgIpc) is 2.88. The smallest absolute Gasteiger partial charge is 0.103 e. The first-order valence-electron chi connectivity index (χ1n) is 6.92. The Labute approximate surface area is 106 Å². The Morgan fingerprint density at radius 1 is 1.35 bits per heavy atom. The molecule has 0 heterocycles. The summed E-state index contributed by atoms with van der Waals surface area (Å²) >= 11 is 0. The van der Waals surface area contributed by atoms with Crippen molar-refractivity contribution < 1.29 is 0 Å². The number of hydrogen-bond acceptors (Lipinski definition) is 3. The van der Waals surface area contributed by atoms with Crippen LogP contribution >= 0.6 is 0 Å². The van der Waals surface area contributed by atoms with Gasteiger partial charge in [-0.25, -0.2) is 0 Å². The minimum absolute atomic E-state index is 0.341. The third-order valence-corrected chi connectivity index (χ3v) is 4.18. The molecule has 0 radical (unpaired) electrons. The third kappa shape index (κ3) is 4.65. The van der Waals surface area contributed by atoms with Crippen LogP contribution in [-0.2, 0) is 0 Å². The first-order chi connectivity index (χ1) is 8.11. The Hall–Kier alpha value is -0.590. The molecule has 0 bridgehead atoms. The van der Waals surface area contributed by atoms with Gasteiger partial charge in [0.2, 0.25) is 0 Å². The van der Waals surface area contributed by atoms with E-state index >= 15 is 0 Å². The summed E-state index contributed by atoms with van der Waals surface area (Å²) < 4.78 is 0. The van der Waals surface area contributed by atoms with Crippen molar-refractivity contribution in [3.63, 3.8) is 0 Å². The molecule has 1 saturated carbocycles. The number of nitriles is 1. The van der Waals surface area contributed by atoms with Crippen LogP contribution in [0.2, 0.25) is 0 Å². The molecule has 1 rings (SSSR count). The fourth-order valence-electron chi connectivity index (χ4n) is 2.60. The maximum absolute atomic E-state index is 9.04. The second-order valence-corrected chi connectivity index (χ2v) is 5.57. The van der Waals surface area contributed by atoms with Crippen LogP contribution in [0.4, 0.5) is 0 Å². The predicted molar refractivity (Wildman–Crippen MR) is 71.8 cm³/mol. The van der Waals surface area contributed by atoms with E-state index in [-0.39, 0.29) is 5.54 Å². The Morgan fingerprint density at radius 2 is 2.00 bits per heavy atom. The van der Waals surface area contributed by atoms with Crippen molar-refractivity contribution in [1.29, 1.82) is 5.26 Å². The Morgan fingerprint density at radius 3 is 2.53 bits per heavy atom. The summed E-state index contributed by atoms with van der Waals surface area (Å²) in [4.78, 5) is 2.51. The van der Waals surface area contributed by atoms with Crippen molar-refractivity contribution in [2.24, 2.45) is 0 Å². The molecule has 1 fully saturated rings. The molecule has 3 nitrogen and oxygen atoms in total. The van der Waals surface area contributed by atoms with Crippen molar-refractivity contribution in [2.75, 3.05) is 20.6 Å². The predicted octanol–water partition coefficient (Wildman–Crippen LogP) is 2.53. The molecule has 0 aromatic heterocycles. The molecule has 0 spiro atoms. The number of rotatable bonds is 7. The highest BCUT2D eigenvalue weighted by molar-refractivity contribution is 5.02. The molecule has 0 saturated heterocycles. The molecule has 3 heteroatoms. The lowest BCUT2D eigenvalue weighted by Crippen LogP contribution is -2.38. The third-order valence-electron chi connectivity index (χ3n) is 4.18. The monoisotopic (exact) mass is 237 g/mol. The van der Waals surface area contributed by atoms with Gasteiger partial charge in [-0.1, -0.05) is 12.8 Å². The number of hydrogen-bond donors (Lipinski definition) is 1. The molecular weight excluding hydrogens is 210 g/mol. The lowest BCUT2D eigenvalue weighted by atomic mass is 9.97. The zero-order valence-corrected chi connectivity index (χ0v) is 11.6. The average molecular weight is 237 g/mol. The molecule has 0 aromatic rings. The van der Waals surface area contributed by atoms with E-state index in [9.17, 15) is 0 Å². The Kier molecular flexibility index (Phi) is 5.94. The van der Waals surface area contributed by atoms with Crippen LogP contribution in [0.1, 0.15) is 51.9 Å². The van der Waals surface area contributed by atoms with E-state index in [0.717, 1.165) is 18.9 Å². The SMILES string of the molecule is CNC(C)(C#N)CCCCN(C)C1CCCC1. The normalized spacial score (nSPS) is 20.4. The van der Waals surface area contributed by atoms with Gasteiger partial charge in [-0.05, 0) is 59.7 Å². The van der Waals surface area contributed by atoms with Crippen LogP contribution < -0.4 is 5.32 Å². The standard InChI is InChI=1S/C14H27N3/c1-14(12-15,16-2)10-6-7-11-17(3)13-8-4-5-9-13/h13,16H,4-11H2,1-3H3. The van der Waals surface area contributed by atoms with Gasteiger partial charge in [0.15, 0.2) is 0 Å². The van der Waals surface area contributed by atoms with Crippen molar-refractivity contribution in [1.82, 2.24) is 10.2 Å². The first kappa shape index (κ1) is 14.5. The van der Waals surface area contributed by atoms with Gasteiger partial charge < -0.3 is 10.2 Å². The number of unbranched alkanes of at least 4 members (excludes halogenated alkanes) is 1. The van der Waals surface area contributed by atoms with Crippen molar-refractivity contribution in [3.05, 3.63) is 0 Å². The molecule has 1 unspecified atom stereocenters. The zero-order chi connectivity index (χ0) is 12.7. The fourth-order valence-corrected chi connectivity index (χ4v) is 2.60. The van der Waals surface area contributed by atoms with E-state index in [1.807, 2.05) is 14.0 Å². The molecule has 0 amide bonds. The zero-order valence-electron chi connectivity index (χ0n) is 11.6. The first-order valence-corrected chi connectivity index (χ1v) is 6.92. The number of nitrogens with one attached hydrogen (secondary N) is 1. The lowest BCUT2D eigenvalue weighted by Gasteiger charge is -2.25. The summed E-state index contributed by atoms with van der Waals surface area (Å²) in [7, 11) is 4.12. The van der Waals surface area contributed by atoms with Gasteiger partial charge in [-0.3, -0.25) is 0 Å². The molecular formula is C14H27N3. The van der Waals surface area contributed by atoms with Crippen LogP contribution in [0.3, 0.4) is 0 Å². The Balaban J connectivity index is 2.13. The number of nitrogens with zero attached hydrogens (tertiary/aromatic N) is 2. The van der Waals surface area contributed by atoms with E-state index in [1.165, 1.54) is 38.6 Å². The molecule has 1 N–H and O–H groups in total. The highest BCUT2D eigenvalue weighted by Crippen LogP contribution is 2.22. The van der Waals surface area contributed by atoms with Crippen LogP contribution in [0, 0.1) is 11.3 Å². The van der Waals surface area contributed by atoms with Gasteiger partial charge in [0.1, 0.15) is 5.54 Å². The van der Waals surface area contributed by atoms with Crippen molar-refractivity contribution in [3.8, 4) is 6.07 Å². The fraction of sp³-hybridized carbons (Fsp3) is 0.929. The molecule has 0 aliphatic heterocycles. The van der Waals surface area contributed by atoms with Crippen LogP contribution in [0.15, 0.2) is 0 Å². The minimum atomic E-state index is -0.341. The van der Waals surface area contributed by atoms with E-state index < -0.39 is 0 Å². The summed E-state index contributed by atoms with van der Waals surface area (Å²) in [5.41, 5.74) is -0.341. The van der Waals surface area contributed by atoms with Crippen LogP contribution in [-0.4, -0.2) is 37.1 Å². The quantitative estimate of drug-likeness (QED) is 0.692. The maximum atomic E-state index is 9.04.